The van der Waals surface area contributed by atoms with Gasteiger partial charge in [0.15, 0.2) is 0 Å². The quantitative estimate of drug-likeness (QED) is 0.828. The molecule has 1 aromatic carbocycles. The van der Waals surface area contributed by atoms with Crippen LogP contribution < -0.4 is 5.32 Å². The number of aliphatic carboxylic acids is 1. The molecule has 2 atom stereocenters. The fourth-order valence-electron chi connectivity index (χ4n) is 4.48. The highest BCUT2D eigenvalue weighted by atomic mass is 16.6. The average Bonchev–Trinajstić information content (AvgIpc) is 2.61. The number of hydrogen-bond donors (Lipinski definition) is 2. The maximum absolute atomic E-state index is 12.6. The van der Waals surface area contributed by atoms with Crippen molar-refractivity contribution >= 4 is 12.1 Å². The second-order valence-corrected chi connectivity index (χ2v) is 8.81. The van der Waals surface area contributed by atoms with Gasteiger partial charge < -0.3 is 20.1 Å². The molecule has 3 aliphatic heterocycles. The van der Waals surface area contributed by atoms with Gasteiger partial charge in [-0.1, -0.05) is 30.3 Å². The van der Waals surface area contributed by atoms with Crippen molar-refractivity contribution in [3.63, 3.8) is 0 Å². The first-order valence-corrected chi connectivity index (χ1v) is 9.70. The summed E-state index contributed by atoms with van der Waals surface area (Å²) in [5.41, 5.74) is -1.17. The number of carboxylic acid groups (broad SMARTS) is 1. The van der Waals surface area contributed by atoms with Gasteiger partial charge in [-0.3, -0.25) is 0 Å². The van der Waals surface area contributed by atoms with E-state index in [-0.39, 0.29) is 12.3 Å². The van der Waals surface area contributed by atoms with Gasteiger partial charge in [-0.2, -0.15) is 0 Å². The first-order chi connectivity index (χ1) is 12.7. The average molecular weight is 374 g/mol. The molecule has 6 nitrogen and oxygen atoms in total. The van der Waals surface area contributed by atoms with Crippen molar-refractivity contribution in [3.8, 4) is 0 Å². The molecule has 1 amide bonds. The summed E-state index contributed by atoms with van der Waals surface area (Å²) in [4.78, 5) is 27.5. The molecule has 148 valence electrons. The molecule has 4 rings (SSSR count). The standard InChI is InChI=1S/C21H30N2O4/c1-20(2,3)27-19(26)22-21(18(24)25,13-15-7-5-4-6-8-15)17-14-23-11-9-16(17)10-12-23/h4-8,16-17H,9-14H2,1-3H3,(H,22,26)(H,24,25)/t17-,21-/m0/s1. The van der Waals surface area contributed by atoms with Gasteiger partial charge in [-0.25, -0.2) is 9.59 Å². The van der Waals surface area contributed by atoms with Gasteiger partial charge in [0.05, 0.1) is 0 Å². The number of nitrogens with zero attached hydrogens (tertiary/aromatic N) is 1. The molecule has 2 bridgehead atoms. The zero-order valence-electron chi connectivity index (χ0n) is 16.4. The molecular formula is C21H30N2O4. The molecule has 1 aromatic rings. The summed E-state index contributed by atoms with van der Waals surface area (Å²) >= 11 is 0. The molecule has 6 heteroatoms. The van der Waals surface area contributed by atoms with Crippen molar-refractivity contribution in [3.05, 3.63) is 35.9 Å². The third-order valence-corrected chi connectivity index (χ3v) is 5.72. The van der Waals surface area contributed by atoms with Crippen molar-refractivity contribution in [2.45, 2.75) is 51.2 Å². The normalized spacial score (nSPS) is 26.9. The van der Waals surface area contributed by atoms with Gasteiger partial charge in [0, 0.05) is 18.9 Å². The highest BCUT2D eigenvalue weighted by Crippen LogP contribution is 2.40. The monoisotopic (exact) mass is 374 g/mol. The molecular weight excluding hydrogens is 344 g/mol. The summed E-state index contributed by atoms with van der Waals surface area (Å²) in [6.45, 7) is 8.05. The highest BCUT2D eigenvalue weighted by Gasteiger charge is 2.53. The topological polar surface area (TPSA) is 78.9 Å². The van der Waals surface area contributed by atoms with Crippen LogP contribution in [-0.4, -0.2) is 52.8 Å². The number of benzene rings is 1. The van der Waals surface area contributed by atoms with Crippen LogP contribution in [0.4, 0.5) is 4.79 Å². The number of rotatable bonds is 5. The van der Waals surface area contributed by atoms with E-state index in [1.54, 1.807) is 20.8 Å². The predicted octanol–water partition coefficient (Wildman–Crippen LogP) is 2.92. The van der Waals surface area contributed by atoms with Crippen LogP contribution in [0.3, 0.4) is 0 Å². The largest absolute Gasteiger partial charge is 0.479 e. The Morgan fingerprint density at radius 2 is 1.81 bits per heavy atom. The van der Waals surface area contributed by atoms with Gasteiger partial charge in [0.2, 0.25) is 0 Å². The van der Waals surface area contributed by atoms with Gasteiger partial charge in [0.1, 0.15) is 11.1 Å². The van der Waals surface area contributed by atoms with E-state index in [1.807, 2.05) is 30.3 Å². The summed E-state index contributed by atoms with van der Waals surface area (Å²) in [7, 11) is 0. The lowest BCUT2D eigenvalue weighted by atomic mass is 9.66. The minimum Gasteiger partial charge on any atom is -0.479 e. The lowest BCUT2D eigenvalue weighted by molar-refractivity contribution is -0.151. The van der Waals surface area contributed by atoms with E-state index in [0.29, 0.717) is 12.5 Å². The Morgan fingerprint density at radius 3 is 2.30 bits per heavy atom. The first kappa shape index (κ1) is 19.7. The Kier molecular flexibility index (Phi) is 5.47. The second kappa shape index (κ2) is 7.50. The Morgan fingerprint density at radius 1 is 1.19 bits per heavy atom. The van der Waals surface area contributed by atoms with Crippen molar-refractivity contribution in [1.29, 1.82) is 0 Å². The van der Waals surface area contributed by atoms with Crippen molar-refractivity contribution in [1.82, 2.24) is 10.2 Å². The van der Waals surface area contributed by atoms with Crippen molar-refractivity contribution in [2.24, 2.45) is 11.8 Å². The SMILES string of the molecule is CC(C)(C)OC(=O)N[C@](Cc1ccccc1)(C(=O)O)[C@H]1CN2CCC1CC2. The molecule has 3 saturated heterocycles. The highest BCUT2D eigenvalue weighted by molar-refractivity contribution is 5.85. The third-order valence-electron chi connectivity index (χ3n) is 5.72. The van der Waals surface area contributed by atoms with Gasteiger partial charge in [0.25, 0.3) is 0 Å². The van der Waals surface area contributed by atoms with Crippen LogP contribution in [-0.2, 0) is 16.0 Å². The number of hydrogen-bond acceptors (Lipinski definition) is 4. The lowest BCUT2D eigenvalue weighted by Crippen LogP contribution is -2.67. The maximum Gasteiger partial charge on any atom is 0.408 e. The van der Waals surface area contributed by atoms with Crippen LogP contribution in [0.25, 0.3) is 0 Å². The summed E-state index contributed by atoms with van der Waals surface area (Å²) in [6.07, 6.45) is 1.53. The molecule has 3 fully saturated rings. The minimum absolute atomic E-state index is 0.148. The third kappa shape index (κ3) is 4.43. The van der Waals surface area contributed by atoms with Gasteiger partial charge >= 0.3 is 12.1 Å². The van der Waals surface area contributed by atoms with Crippen molar-refractivity contribution in [2.75, 3.05) is 19.6 Å². The van der Waals surface area contributed by atoms with Crippen LogP contribution in [0.2, 0.25) is 0 Å². The summed E-state index contributed by atoms with van der Waals surface area (Å²) in [5, 5.41) is 13.1. The number of alkyl carbamates (subject to hydrolysis) is 1. The van der Waals surface area contributed by atoms with Crippen LogP contribution in [0.5, 0.6) is 0 Å². The number of carbonyl (C=O) groups excluding carboxylic acids is 1. The number of nitrogens with one attached hydrogen (secondary N) is 1. The Hall–Kier alpha value is -2.08. The van der Waals surface area contributed by atoms with E-state index in [9.17, 15) is 14.7 Å². The van der Waals surface area contributed by atoms with Crippen LogP contribution in [0, 0.1) is 11.8 Å². The molecule has 0 aromatic heterocycles. The number of ether oxygens (including phenoxy) is 1. The maximum atomic E-state index is 12.6. The molecule has 27 heavy (non-hydrogen) atoms. The number of amides is 1. The Labute approximate surface area is 160 Å². The number of piperidine rings is 3. The van der Waals surface area contributed by atoms with E-state index < -0.39 is 23.2 Å². The second-order valence-electron chi connectivity index (χ2n) is 8.81. The molecule has 0 saturated carbocycles. The summed E-state index contributed by atoms with van der Waals surface area (Å²) in [6, 6.07) is 9.52. The molecule has 0 unspecified atom stereocenters. The smallest absolute Gasteiger partial charge is 0.408 e. The van der Waals surface area contributed by atoms with E-state index in [2.05, 4.69) is 10.2 Å². The fourth-order valence-corrected chi connectivity index (χ4v) is 4.48. The zero-order chi connectivity index (χ0) is 19.7. The number of fused-ring (bicyclic) bond motifs is 3. The molecule has 0 radical (unpaired) electrons. The van der Waals surface area contributed by atoms with Gasteiger partial charge in [-0.05, 0) is 58.2 Å². The van der Waals surface area contributed by atoms with E-state index >= 15 is 0 Å². The molecule has 3 heterocycles. The molecule has 0 spiro atoms. The van der Waals surface area contributed by atoms with E-state index in [1.165, 1.54) is 0 Å². The first-order valence-electron chi connectivity index (χ1n) is 9.70. The van der Waals surface area contributed by atoms with E-state index in [4.69, 9.17) is 4.74 Å². The predicted molar refractivity (Wildman–Crippen MR) is 103 cm³/mol. The number of carbonyl (C=O) groups is 2. The van der Waals surface area contributed by atoms with Gasteiger partial charge in [-0.15, -0.1) is 0 Å². The molecule has 2 N–H and O–H groups in total. The van der Waals surface area contributed by atoms with Crippen LogP contribution >= 0.6 is 0 Å². The zero-order valence-corrected chi connectivity index (χ0v) is 16.4. The van der Waals surface area contributed by atoms with E-state index in [0.717, 1.165) is 31.5 Å². The lowest BCUT2D eigenvalue weighted by Gasteiger charge is -2.51. The Balaban J connectivity index is 1.95. The summed E-state index contributed by atoms with van der Waals surface area (Å²) in [5.74, 6) is -0.842. The number of carboxylic acids is 1. The minimum atomic E-state index is -1.38. The fraction of sp³-hybridized carbons (Fsp3) is 0.619. The molecule has 0 aliphatic carbocycles. The summed E-state index contributed by atoms with van der Waals surface area (Å²) < 4.78 is 5.43. The van der Waals surface area contributed by atoms with Crippen LogP contribution in [0.1, 0.15) is 39.2 Å². The molecule has 3 aliphatic rings. The van der Waals surface area contributed by atoms with Crippen molar-refractivity contribution < 1.29 is 19.4 Å². The Bertz CT molecular complexity index is 677. The van der Waals surface area contributed by atoms with Crippen LogP contribution in [0.15, 0.2) is 30.3 Å².